The largest absolute Gasteiger partial charge is 0.478 e. The van der Waals surface area contributed by atoms with E-state index >= 15 is 0 Å². The number of piperidine rings is 1. The van der Waals surface area contributed by atoms with Crippen LogP contribution in [0.2, 0.25) is 0 Å². The number of nitrogens with zero attached hydrogens (tertiary/aromatic N) is 5. The lowest BCUT2D eigenvalue weighted by atomic mass is 10.1. The van der Waals surface area contributed by atoms with Crippen LogP contribution in [0.5, 0.6) is 0 Å². The van der Waals surface area contributed by atoms with Crippen molar-refractivity contribution in [2.75, 3.05) is 18.0 Å². The monoisotopic (exact) mass is 570 g/mol. The number of hydrogen-bond acceptors (Lipinski definition) is 7. The molecule has 0 amide bonds. The maximum absolute atomic E-state index is 14.0. The smallest absolute Gasteiger partial charge is 0.335 e. The van der Waals surface area contributed by atoms with E-state index in [1.807, 2.05) is 4.90 Å². The van der Waals surface area contributed by atoms with E-state index in [4.69, 9.17) is 10.7 Å². The Balaban J connectivity index is 1.72. The summed E-state index contributed by atoms with van der Waals surface area (Å²) < 4.78 is 4.23. The first kappa shape index (κ1) is 28.4. The number of fused-ring (bicyclic) bond motifs is 1. The quantitative estimate of drug-likeness (QED) is 0.268. The molecule has 1 atom stereocenters. The lowest BCUT2D eigenvalue weighted by Crippen LogP contribution is -2.44. The lowest BCUT2D eigenvalue weighted by molar-refractivity contribution is 0.0686. The van der Waals surface area contributed by atoms with Crippen molar-refractivity contribution in [1.29, 1.82) is 0 Å². The van der Waals surface area contributed by atoms with Crippen molar-refractivity contribution in [2.45, 2.75) is 45.4 Å². The van der Waals surface area contributed by atoms with E-state index in [9.17, 15) is 29.4 Å². The molecule has 0 bridgehead atoms. The Morgan fingerprint density at radius 1 is 0.929 bits per heavy atom. The number of carboxylic acids is 2. The Morgan fingerprint density at radius 3 is 2.02 bits per heavy atom. The van der Waals surface area contributed by atoms with Gasteiger partial charge in [0.1, 0.15) is 0 Å². The zero-order valence-corrected chi connectivity index (χ0v) is 23.0. The molecule has 3 heterocycles. The third-order valence-electron chi connectivity index (χ3n) is 7.33. The van der Waals surface area contributed by atoms with Gasteiger partial charge in [0.2, 0.25) is 5.95 Å². The topological polar surface area (TPSA) is 166 Å². The lowest BCUT2D eigenvalue weighted by Gasteiger charge is -2.31. The van der Waals surface area contributed by atoms with Gasteiger partial charge < -0.3 is 20.8 Å². The van der Waals surface area contributed by atoms with E-state index in [2.05, 4.69) is 11.8 Å². The average Bonchev–Trinajstić information content (AvgIpc) is 3.36. The Morgan fingerprint density at radius 2 is 1.50 bits per heavy atom. The molecule has 12 nitrogen and oxygen atoms in total. The SMILES string of the molecule is CC#CCn1c(N2CCC[C@@H](N)C2)nc2c1c(=O)n(Cc1ccc(C(=O)O)cc1)c(=O)n2Cc1ccc(C(=O)O)cc1. The van der Waals surface area contributed by atoms with Gasteiger partial charge in [-0.2, -0.15) is 4.98 Å². The zero-order valence-electron chi connectivity index (χ0n) is 23.0. The first-order valence-corrected chi connectivity index (χ1v) is 13.5. The van der Waals surface area contributed by atoms with E-state index < -0.39 is 23.2 Å². The van der Waals surface area contributed by atoms with Gasteiger partial charge in [0, 0.05) is 19.1 Å². The summed E-state index contributed by atoms with van der Waals surface area (Å²) in [5.41, 5.74) is 6.91. The molecule has 4 N–H and O–H groups in total. The third kappa shape index (κ3) is 5.55. The van der Waals surface area contributed by atoms with E-state index in [1.54, 1.807) is 35.8 Å². The van der Waals surface area contributed by atoms with Crippen LogP contribution < -0.4 is 21.9 Å². The van der Waals surface area contributed by atoms with Gasteiger partial charge in [-0.3, -0.25) is 18.5 Å². The number of hydrogen-bond donors (Lipinski definition) is 3. The van der Waals surface area contributed by atoms with Gasteiger partial charge in [-0.1, -0.05) is 30.2 Å². The molecule has 0 saturated carbocycles. The minimum Gasteiger partial charge on any atom is -0.478 e. The minimum atomic E-state index is -1.08. The number of rotatable bonds is 8. The fraction of sp³-hybridized carbons (Fsp3) is 0.300. The summed E-state index contributed by atoms with van der Waals surface area (Å²) in [6.45, 7) is 3.02. The van der Waals surface area contributed by atoms with Crippen LogP contribution in [0.25, 0.3) is 11.2 Å². The third-order valence-corrected chi connectivity index (χ3v) is 7.33. The molecule has 1 aliphatic rings. The van der Waals surface area contributed by atoms with Gasteiger partial charge in [0.15, 0.2) is 11.2 Å². The van der Waals surface area contributed by atoms with Crippen LogP contribution in [0.1, 0.15) is 51.6 Å². The van der Waals surface area contributed by atoms with Crippen molar-refractivity contribution in [2.24, 2.45) is 5.73 Å². The van der Waals surface area contributed by atoms with Crippen LogP contribution in [-0.2, 0) is 19.6 Å². The molecule has 2 aromatic carbocycles. The van der Waals surface area contributed by atoms with Crippen molar-refractivity contribution < 1.29 is 19.8 Å². The molecule has 42 heavy (non-hydrogen) atoms. The molecule has 216 valence electrons. The van der Waals surface area contributed by atoms with Crippen LogP contribution in [0.15, 0.2) is 58.1 Å². The van der Waals surface area contributed by atoms with Crippen LogP contribution in [0.4, 0.5) is 5.95 Å². The van der Waals surface area contributed by atoms with E-state index in [0.717, 1.165) is 17.4 Å². The number of benzene rings is 2. The number of anilines is 1. The molecule has 4 aromatic rings. The Bertz CT molecular complexity index is 1840. The summed E-state index contributed by atoms with van der Waals surface area (Å²) in [6, 6.07) is 12.0. The molecule has 5 rings (SSSR count). The first-order chi connectivity index (χ1) is 20.2. The summed E-state index contributed by atoms with van der Waals surface area (Å²) in [4.78, 5) is 57.5. The molecule has 0 radical (unpaired) electrons. The number of carbonyl (C=O) groups is 2. The first-order valence-electron chi connectivity index (χ1n) is 13.5. The highest BCUT2D eigenvalue weighted by atomic mass is 16.4. The second-order valence-corrected chi connectivity index (χ2v) is 10.2. The predicted molar refractivity (Wildman–Crippen MR) is 156 cm³/mol. The molecular formula is C30H30N6O6. The van der Waals surface area contributed by atoms with E-state index in [1.165, 1.54) is 28.8 Å². The number of nitrogens with two attached hydrogens (primary N) is 1. The summed E-state index contributed by atoms with van der Waals surface area (Å²) in [7, 11) is 0. The summed E-state index contributed by atoms with van der Waals surface area (Å²) >= 11 is 0. The summed E-state index contributed by atoms with van der Waals surface area (Å²) in [5.74, 6) is 4.23. The molecule has 1 saturated heterocycles. The maximum atomic E-state index is 14.0. The Kier molecular flexibility index (Phi) is 7.95. The molecular weight excluding hydrogens is 540 g/mol. The molecule has 2 aromatic heterocycles. The van der Waals surface area contributed by atoms with Crippen molar-refractivity contribution in [3.63, 3.8) is 0 Å². The molecule has 1 fully saturated rings. The Labute approximate surface area is 240 Å². The van der Waals surface area contributed by atoms with Crippen molar-refractivity contribution in [3.8, 4) is 11.8 Å². The van der Waals surface area contributed by atoms with Crippen molar-refractivity contribution in [3.05, 3.63) is 91.6 Å². The highest BCUT2D eigenvalue weighted by Crippen LogP contribution is 2.24. The average molecular weight is 571 g/mol. The fourth-order valence-electron chi connectivity index (χ4n) is 5.17. The van der Waals surface area contributed by atoms with E-state index in [-0.39, 0.29) is 48.0 Å². The standard InChI is InChI=1S/C30H30N6O6/c1-2-3-15-34-24-25(32-29(34)33-14-4-5-23(31)18-33)35(16-19-6-10-21(11-7-19)27(38)39)30(42)36(26(24)37)17-20-8-12-22(13-9-20)28(40)41/h6-13,23H,4-5,14-18,31H2,1H3,(H,38,39)(H,40,41)/t23-/m1/s1. The predicted octanol–water partition coefficient (Wildman–Crippen LogP) is 1.80. The molecule has 0 unspecified atom stereocenters. The number of aromatic carboxylic acids is 2. The second kappa shape index (κ2) is 11.8. The van der Waals surface area contributed by atoms with Crippen LogP contribution in [-0.4, -0.2) is 60.0 Å². The van der Waals surface area contributed by atoms with Gasteiger partial charge in [-0.25, -0.2) is 14.4 Å². The number of aromatic nitrogens is 4. The normalized spacial score (nSPS) is 14.9. The summed E-state index contributed by atoms with van der Waals surface area (Å²) in [5, 5.41) is 18.5. The molecule has 12 heteroatoms. The van der Waals surface area contributed by atoms with Crippen molar-refractivity contribution >= 4 is 29.1 Å². The Hall–Kier alpha value is -5.15. The van der Waals surface area contributed by atoms with Gasteiger partial charge in [-0.05, 0) is 55.2 Å². The van der Waals surface area contributed by atoms with Crippen LogP contribution in [0.3, 0.4) is 0 Å². The van der Waals surface area contributed by atoms with E-state index in [0.29, 0.717) is 30.2 Å². The minimum absolute atomic E-state index is 0.0306. The van der Waals surface area contributed by atoms with Gasteiger partial charge >= 0.3 is 17.6 Å². The maximum Gasteiger partial charge on any atom is 0.335 e. The summed E-state index contributed by atoms with van der Waals surface area (Å²) in [6.07, 6.45) is 1.72. The fourth-order valence-corrected chi connectivity index (χ4v) is 5.17. The number of carboxylic acid groups (broad SMARTS) is 2. The molecule has 1 aliphatic heterocycles. The van der Waals surface area contributed by atoms with Gasteiger partial charge in [-0.15, -0.1) is 5.92 Å². The second-order valence-electron chi connectivity index (χ2n) is 10.2. The number of imidazole rings is 1. The van der Waals surface area contributed by atoms with Crippen LogP contribution >= 0.6 is 0 Å². The highest BCUT2D eigenvalue weighted by Gasteiger charge is 2.27. The zero-order chi connectivity index (χ0) is 30.0. The van der Waals surface area contributed by atoms with Crippen molar-refractivity contribution in [1.82, 2.24) is 18.7 Å². The highest BCUT2D eigenvalue weighted by molar-refractivity contribution is 5.88. The van der Waals surface area contributed by atoms with Gasteiger partial charge in [0.25, 0.3) is 5.56 Å². The van der Waals surface area contributed by atoms with Gasteiger partial charge in [0.05, 0.1) is 30.8 Å². The molecule has 0 spiro atoms. The molecule has 0 aliphatic carbocycles. The van der Waals surface area contributed by atoms with Crippen LogP contribution in [0, 0.1) is 11.8 Å².